The van der Waals surface area contributed by atoms with Crippen molar-refractivity contribution in [3.63, 3.8) is 0 Å². The number of carbonyl (C=O) groups is 2. The minimum atomic E-state index is -0.526. The maximum absolute atomic E-state index is 12.6. The van der Waals surface area contributed by atoms with Crippen LogP contribution < -0.4 is 5.32 Å². The number of hydrogen-bond donors (Lipinski definition) is 1. The molecule has 0 radical (unpaired) electrons. The fraction of sp³-hybridized carbons (Fsp3) is 0.263. The van der Waals surface area contributed by atoms with Gasteiger partial charge in [-0.2, -0.15) is 0 Å². The summed E-state index contributed by atoms with van der Waals surface area (Å²) in [6.07, 6.45) is 0.0286. The van der Waals surface area contributed by atoms with E-state index >= 15 is 0 Å². The lowest BCUT2D eigenvalue weighted by Gasteiger charge is -2.19. The van der Waals surface area contributed by atoms with Gasteiger partial charge in [0.05, 0.1) is 29.7 Å². The molecule has 2 aromatic rings. The minimum absolute atomic E-state index is 0.0286. The van der Waals surface area contributed by atoms with E-state index in [2.05, 4.69) is 5.32 Å². The van der Waals surface area contributed by atoms with Crippen molar-refractivity contribution in [1.82, 2.24) is 5.32 Å². The number of rotatable bonds is 6. The smallest absolute Gasteiger partial charge is 0.308 e. The molecule has 4 nitrogen and oxygen atoms in total. The first-order chi connectivity index (χ1) is 11.9. The first kappa shape index (κ1) is 19.3. The third-order valence-electron chi connectivity index (χ3n) is 3.63. The summed E-state index contributed by atoms with van der Waals surface area (Å²) >= 11 is 12.0. The Labute approximate surface area is 157 Å². The van der Waals surface area contributed by atoms with Crippen LogP contribution in [0.5, 0.6) is 0 Å². The SMILES string of the molecule is CCOC(=O)CC(NC(=O)c1cc(Cl)ccc1Cl)c1ccc(C)cc1. The summed E-state index contributed by atoms with van der Waals surface area (Å²) in [5.41, 5.74) is 2.16. The van der Waals surface area contributed by atoms with E-state index in [1.165, 1.54) is 6.07 Å². The van der Waals surface area contributed by atoms with Gasteiger partial charge in [0.25, 0.3) is 5.91 Å². The zero-order valence-corrected chi connectivity index (χ0v) is 15.5. The molecular weight excluding hydrogens is 361 g/mol. The number of ether oxygens (including phenoxy) is 1. The third kappa shape index (κ3) is 5.48. The Balaban J connectivity index is 2.25. The van der Waals surface area contributed by atoms with E-state index in [1.54, 1.807) is 19.1 Å². The van der Waals surface area contributed by atoms with Crippen LogP contribution in [0.3, 0.4) is 0 Å². The van der Waals surface area contributed by atoms with Crippen LogP contribution in [0.4, 0.5) is 0 Å². The molecule has 1 atom stereocenters. The highest BCUT2D eigenvalue weighted by Gasteiger charge is 2.21. The normalized spacial score (nSPS) is 11.7. The van der Waals surface area contributed by atoms with Gasteiger partial charge < -0.3 is 10.1 Å². The van der Waals surface area contributed by atoms with Gasteiger partial charge in [-0.15, -0.1) is 0 Å². The standard InChI is InChI=1S/C19H19Cl2NO3/c1-3-25-18(23)11-17(13-6-4-12(2)5-7-13)22-19(24)15-10-14(20)8-9-16(15)21/h4-10,17H,3,11H2,1-2H3,(H,22,24). The maximum Gasteiger partial charge on any atom is 0.308 e. The molecular formula is C19H19Cl2NO3. The zero-order chi connectivity index (χ0) is 18.4. The van der Waals surface area contributed by atoms with Gasteiger partial charge in [-0.05, 0) is 37.6 Å². The molecule has 0 spiro atoms. The molecule has 2 rings (SSSR count). The summed E-state index contributed by atoms with van der Waals surface area (Å²) in [5.74, 6) is -0.784. The van der Waals surface area contributed by atoms with Gasteiger partial charge in [0.15, 0.2) is 0 Å². The molecule has 1 unspecified atom stereocenters. The summed E-state index contributed by atoms with van der Waals surface area (Å²) in [6, 6.07) is 11.7. The molecule has 1 N–H and O–H groups in total. The Morgan fingerprint density at radius 3 is 2.44 bits per heavy atom. The van der Waals surface area contributed by atoms with Crippen molar-refractivity contribution in [3.8, 4) is 0 Å². The van der Waals surface area contributed by atoms with Crippen molar-refractivity contribution in [1.29, 1.82) is 0 Å². The fourth-order valence-corrected chi connectivity index (χ4v) is 2.72. The monoisotopic (exact) mass is 379 g/mol. The van der Waals surface area contributed by atoms with Crippen LogP contribution in [0.15, 0.2) is 42.5 Å². The van der Waals surface area contributed by atoms with E-state index in [0.29, 0.717) is 10.0 Å². The van der Waals surface area contributed by atoms with Crippen LogP contribution >= 0.6 is 23.2 Å². The number of halogens is 2. The number of hydrogen-bond acceptors (Lipinski definition) is 3. The minimum Gasteiger partial charge on any atom is -0.466 e. The zero-order valence-electron chi connectivity index (χ0n) is 14.0. The van der Waals surface area contributed by atoms with Gasteiger partial charge in [0.1, 0.15) is 0 Å². The fourth-order valence-electron chi connectivity index (χ4n) is 2.35. The quantitative estimate of drug-likeness (QED) is 0.738. The largest absolute Gasteiger partial charge is 0.466 e. The van der Waals surface area contributed by atoms with Gasteiger partial charge >= 0.3 is 5.97 Å². The van der Waals surface area contributed by atoms with Crippen LogP contribution in [-0.2, 0) is 9.53 Å². The van der Waals surface area contributed by atoms with Gasteiger partial charge in [0.2, 0.25) is 0 Å². The topological polar surface area (TPSA) is 55.4 Å². The second-order valence-electron chi connectivity index (χ2n) is 5.57. The highest BCUT2D eigenvalue weighted by atomic mass is 35.5. The van der Waals surface area contributed by atoms with E-state index < -0.39 is 11.9 Å². The van der Waals surface area contributed by atoms with Crippen LogP contribution in [0.1, 0.15) is 40.9 Å². The molecule has 0 aliphatic carbocycles. The van der Waals surface area contributed by atoms with E-state index in [0.717, 1.165) is 11.1 Å². The van der Waals surface area contributed by atoms with Crippen molar-refractivity contribution in [2.24, 2.45) is 0 Å². The molecule has 0 aliphatic heterocycles. The first-order valence-corrected chi connectivity index (χ1v) is 8.64. The molecule has 132 valence electrons. The second kappa shape index (κ2) is 8.88. The Kier molecular flexibility index (Phi) is 6.85. The van der Waals surface area contributed by atoms with Crippen LogP contribution in [0, 0.1) is 6.92 Å². The number of carbonyl (C=O) groups excluding carboxylic acids is 2. The third-order valence-corrected chi connectivity index (χ3v) is 4.20. The first-order valence-electron chi connectivity index (χ1n) is 7.88. The number of amides is 1. The molecule has 0 saturated heterocycles. The molecule has 6 heteroatoms. The van der Waals surface area contributed by atoms with Crippen molar-refractivity contribution in [3.05, 3.63) is 69.2 Å². The van der Waals surface area contributed by atoms with Gasteiger partial charge in [-0.1, -0.05) is 53.0 Å². The number of benzene rings is 2. The summed E-state index contributed by atoms with van der Waals surface area (Å²) in [4.78, 5) is 24.5. The number of nitrogens with one attached hydrogen (secondary N) is 1. The van der Waals surface area contributed by atoms with Crippen molar-refractivity contribution >= 4 is 35.1 Å². The Hall–Kier alpha value is -2.04. The molecule has 0 saturated carbocycles. The summed E-state index contributed by atoms with van der Waals surface area (Å²) in [7, 11) is 0. The van der Waals surface area contributed by atoms with E-state index in [-0.39, 0.29) is 24.6 Å². The lowest BCUT2D eigenvalue weighted by molar-refractivity contribution is -0.143. The molecule has 0 heterocycles. The second-order valence-corrected chi connectivity index (χ2v) is 6.41. The molecule has 1 amide bonds. The maximum atomic E-state index is 12.6. The predicted octanol–water partition coefficient (Wildman–Crippen LogP) is 4.73. The summed E-state index contributed by atoms with van der Waals surface area (Å²) in [5, 5.41) is 3.54. The Morgan fingerprint density at radius 1 is 1.12 bits per heavy atom. The lowest BCUT2D eigenvalue weighted by Crippen LogP contribution is -2.31. The molecule has 0 aromatic heterocycles. The van der Waals surface area contributed by atoms with Crippen molar-refractivity contribution in [2.45, 2.75) is 26.3 Å². The van der Waals surface area contributed by atoms with E-state index in [1.807, 2.05) is 31.2 Å². The van der Waals surface area contributed by atoms with E-state index in [9.17, 15) is 9.59 Å². The Morgan fingerprint density at radius 2 is 1.80 bits per heavy atom. The van der Waals surface area contributed by atoms with Crippen molar-refractivity contribution in [2.75, 3.05) is 6.61 Å². The Bertz CT molecular complexity index is 760. The van der Waals surface area contributed by atoms with Gasteiger partial charge in [0, 0.05) is 5.02 Å². The average molecular weight is 380 g/mol. The van der Waals surface area contributed by atoms with Gasteiger partial charge in [-0.3, -0.25) is 9.59 Å². The summed E-state index contributed by atoms with van der Waals surface area (Å²) in [6.45, 7) is 3.99. The summed E-state index contributed by atoms with van der Waals surface area (Å²) < 4.78 is 5.01. The number of aryl methyl sites for hydroxylation is 1. The van der Waals surface area contributed by atoms with Crippen LogP contribution in [0.25, 0.3) is 0 Å². The average Bonchev–Trinajstić information content (AvgIpc) is 2.57. The molecule has 25 heavy (non-hydrogen) atoms. The highest BCUT2D eigenvalue weighted by molar-refractivity contribution is 6.35. The van der Waals surface area contributed by atoms with Crippen molar-refractivity contribution < 1.29 is 14.3 Å². The van der Waals surface area contributed by atoms with E-state index in [4.69, 9.17) is 27.9 Å². The van der Waals surface area contributed by atoms with Crippen LogP contribution in [0.2, 0.25) is 10.0 Å². The molecule has 2 aromatic carbocycles. The van der Waals surface area contributed by atoms with Gasteiger partial charge in [-0.25, -0.2) is 0 Å². The molecule has 0 bridgehead atoms. The number of esters is 1. The predicted molar refractivity (Wildman–Crippen MR) is 99.1 cm³/mol. The highest BCUT2D eigenvalue weighted by Crippen LogP contribution is 2.23. The van der Waals surface area contributed by atoms with Crippen LogP contribution in [-0.4, -0.2) is 18.5 Å². The molecule has 0 fully saturated rings. The lowest BCUT2D eigenvalue weighted by atomic mass is 10.0. The molecule has 0 aliphatic rings.